The molecule has 0 aromatic carbocycles. The lowest BCUT2D eigenvalue weighted by Gasteiger charge is -2.22. The Labute approximate surface area is 143 Å². The van der Waals surface area contributed by atoms with E-state index >= 15 is 0 Å². The van der Waals surface area contributed by atoms with Crippen molar-refractivity contribution in [3.8, 4) is 0 Å². The summed E-state index contributed by atoms with van der Waals surface area (Å²) in [6.45, 7) is 7.55. The van der Waals surface area contributed by atoms with E-state index < -0.39 is 10.0 Å². The van der Waals surface area contributed by atoms with Crippen molar-refractivity contribution in [2.24, 2.45) is 7.05 Å². The predicted molar refractivity (Wildman–Crippen MR) is 91.4 cm³/mol. The average Bonchev–Trinajstić information content (AvgIpc) is 2.97. The van der Waals surface area contributed by atoms with Crippen LogP contribution in [0.25, 0.3) is 0 Å². The van der Waals surface area contributed by atoms with Crippen LogP contribution in [-0.4, -0.2) is 34.0 Å². The summed E-state index contributed by atoms with van der Waals surface area (Å²) < 4.78 is 32.2. The quantitative estimate of drug-likeness (QED) is 0.908. The molecule has 1 aliphatic rings. The van der Waals surface area contributed by atoms with Crippen LogP contribution in [0.5, 0.6) is 0 Å². The summed E-state index contributed by atoms with van der Waals surface area (Å²) in [7, 11) is -1.70. The largest absolute Gasteiger partial charge is 0.275 e. The topological polar surface area (TPSA) is 81.8 Å². The van der Waals surface area contributed by atoms with Crippen molar-refractivity contribution in [3.05, 3.63) is 28.8 Å². The van der Waals surface area contributed by atoms with Gasteiger partial charge in [-0.25, -0.2) is 13.1 Å². The number of fused-ring (bicyclic) bond motifs is 1. The van der Waals surface area contributed by atoms with Crippen LogP contribution in [0.4, 0.5) is 0 Å². The summed E-state index contributed by atoms with van der Waals surface area (Å²) in [4.78, 5) is 0.308. The normalized spacial score (nSPS) is 18.2. The molecule has 7 nitrogen and oxygen atoms in total. The summed E-state index contributed by atoms with van der Waals surface area (Å²) in [5.74, 6) is 0. The Kier molecular flexibility index (Phi) is 4.29. The van der Waals surface area contributed by atoms with Gasteiger partial charge in [0.15, 0.2) is 0 Å². The maximum absolute atomic E-state index is 12.9. The summed E-state index contributed by atoms with van der Waals surface area (Å²) >= 11 is 0. The van der Waals surface area contributed by atoms with Crippen LogP contribution in [-0.2, 0) is 29.9 Å². The van der Waals surface area contributed by atoms with Crippen molar-refractivity contribution in [2.45, 2.75) is 63.9 Å². The highest BCUT2D eigenvalue weighted by atomic mass is 32.2. The highest BCUT2D eigenvalue weighted by molar-refractivity contribution is 7.89. The number of hydrogen-bond donors (Lipinski definition) is 1. The van der Waals surface area contributed by atoms with E-state index in [4.69, 9.17) is 0 Å². The van der Waals surface area contributed by atoms with Crippen LogP contribution in [0.15, 0.2) is 11.1 Å². The molecule has 1 atom stereocenters. The van der Waals surface area contributed by atoms with Gasteiger partial charge in [0.25, 0.3) is 0 Å². The molecule has 0 aliphatic heterocycles. The van der Waals surface area contributed by atoms with Crippen LogP contribution in [0.3, 0.4) is 0 Å². The maximum atomic E-state index is 12.9. The van der Waals surface area contributed by atoms with Crippen LogP contribution < -0.4 is 4.72 Å². The molecule has 0 amide bonds. The zero-order chi connectivity index (χ0) is 17.6. The molecular formula is C16H25N5O2S. The number of nitrogens with zero attached hydrogens (tertiary/aromatic N) is 4. The third-order valence-electron chi connectivity index (χ3n) is 4.53. The molecule has 2 aromatic heterocycles. The summed E-state index contributed by atoms with van der Waals surface area (Å²) in [5.41, 5.74) is 3.43. The number of rotatable bonds is 4. The third kappa shape index (κ3) is 3.00. The fraction of sp³-hybridized carbons (Fsp3) is 0.625. The van der Waals surface area contributed by atoms with Crippen LogP contribution in [0.1, 0.15) is 49.0 Å². The molecule has 2 heterocycles. The molecule has 3 rings (SSSR count). The Morgan fingerprint density at radius 1 is 1.29 bits per heavy atom. The van der Waals surface area contributed by atoms with Gasteiger partial charge in [-0.2, -0.15) is 10.2 Å². The first-order chi connectivity index (χ1) is 11.2. The number of aromatic nitrogens is 4. The van der Waals surface area contributed by atoms with E-state index in [-0.39, 0.29) is 12.1 Å². The van der Waals surface area contributed by atoms with Crippen molar-refractivity contribution in [1.82, 2.24) is 24.3 Å². The van der Waals surface area contributed by atoms with Gasteiger partial charge in [0.2, 0.25) is 10.0 Å². The minimum absolute atomic E-state index is 0.124. The third-order valence-corrected chi connectivity index (χ3v) is 6.30. The molecule has 1 N–H and O–H groups in total. The van der Waals surface area contributed by atoms with Crippen molar-refractivity contribution < 1.29 is 8.42 Å². The van der Waals surface area contributed by atoms with E-state index in [0.717, 1.165) is 18.5 Å². The second-order valence-electron chi connectivity index (χ2n) is 6.87. The summed E-state index contributed by atoms with van der Waals surface area (Å²) in [5, 5.41) is 8.82. The van der Waals surface area contributed by atoms with Gasteiger partial charge in [-0.3, -0.25) is 9.36 Å². The van der Waals surface area contributed by atoms with E-state index in [2.05, 4.69) is 14.9 Å². The number of nitrogens with one attached hydrogen (secondary N) is 1. The molecule has 0 spiro atoms. The van der Waals surface area contributed by atoms with Gasteiger partial charge in [0.05, 0.1) is 17.1 Å². The molecule has 0 saturated carbocycles. The highest BCUT2D eigenvalue weighted by Crippen LogP contribution is 2.25. The SMILES string of the molecule is Cc1nn(C(C)C)c(C)c1S(=O)(=O)NC1CCc2cn(C)nc2C1. The second kappa shape index (κ2) is 6.00. The lowest BCUT2D eigenvalue weighted by atomic mass is 9.95. The first kappa shape index (κ1) is 17.2. The first-order valence-electron chi connectivity index (χ1n) is 8.28. The Morgan fingerprint density at radius 3 is 2.62 bits per heavy atom. The van der Waals surface area contributed by atoms with Gasteiger partial charge < -0.3 is 0 Å². The monoisotopic (exact) mass is 351 g/mol. The number of hydrogen-bond acceptors (Lipinski definition) is 4. The van der Waals surface area contributed by atoms with Gasteiger partial charge in [-0.15, -0.1) is 0 Å². The number of sulfonamides is 1. The molecule has 0 fully saturated rings. The maximum Gasteiger partial charge on any atom is 0.244 e. The van der Waals surface area contributed by atoms with Gasteiger partial charge in [-0.1, -0.05) is 0 Å². The van der Waals surface area contributed by atoms with Gasteiger partial charge in [0.1, 0.15) is 4.90 Å². The van der Waals surface area contributed by atoms with Crippen LogP contribution >= 0.6 is 0 Å². The lowest BCUT2D eigenvalue weighted by Crippen LogP contribution is -2.39. The molecule has 1 aliphatic carbocycles. The summed E-state index contributed by atoms with van der Waals surface area (Å²) in [6.07, 6.45) is 4.28. The zero-order valence-corrected chi connectivity index (χ0v) is 15.7. The molecule has 2 aromatic rings. The molecule has 1 unspecified atom stereocenters. The van der Waals surface area contributed by atoms with Crippen molar-refractivity contribution >= 4 is 10.0 Å². The van der Waals surface area contributed by atoms with E-state index in [1.165, 1.54) is 5.56 Å². The lowest BCUT2D eigenvalue weighted by molar-refractivity contribution is 0.500. The fourth-order valence-corrected chi connectivity index (χ4v) is 5.22. The van der Waals surface area contributed by atoms with E-state index in [1.807, 2.05) is 34.0 Å². The average molecular weight is 351 g/mol. The summed E-state index contributed by atoms with van der Waals surface area (Å²) in [6, 6.07) is -0.00277. The van der Waals surface area contributed by atoms with E-state index in [1.54, 1.807) is 16.3 Å². The zero-order valence-electron chi connectivity index (χ0n) is 14.9. The van der Waals surface area contributed by atoms with Gasteiger partial charge in [0, 0.05) is 31.7 Å². The van der Waals surface area contributed by atoms with Gasteiger partial charge in [-0.05, 0) is 46.1 Å². The minimum Gasteiger partial charge on any atom is -0.275 e. The molecule has 0 saturated heterocycles. The van der Waals surface area contributed by atoms with Crippen molar-refractivity contribution in [2.75, 3.05) is 0 Å². The Bertz CT molecular complexity index is 863. The number of aryl methyl sites for hydroxylation is 3. The molecule has 132 valence electrons. The Hall–Kier alpha value is -1.67. The van der Waals surface area contributed by atoms with Crippen molar-refractivity contribution in [1.29, 1.82) is 0 Å². The predicted octanol–water partition coefficient (Wildman–Crippen LogP) is 1.65. The second-order valence-corrected chi connectivity index (χ2v) is 8.52. The fourth-order valence-electron chi connectivity index (χ4n) is 3.55. The minimum atomic E-state index is -3.60. The van der Waals surface area contributed by atoms with E-state index in [9.17, 15) is 8.42 Å². The highest BCUT2D eigenvalue weighted by Gasteiger charge is 2.30. The molecule has 8 heteroatoms. The van der Waals surface area contributed by atoms with E-state index in [0.29, 0.717) is 22.7 Å². The van der Waals surface area contributed by atoms with Gasteiger partial charge >= 0.3 is 0 Å². The standard InChI is InChI=1S/C16H25N5O2S/c1-10(2)21-12(4)16(11(3)17-21)24(22,23)19-14-7-6-13-9-20(5)18-15(13)8-14/h9-10,14,19H,6-8H2,1-5H3. The van der Waals surface area contributed by atoms with Crippen LogP contribution in [0.2, 0.25) is 0 Å². The Balaban J connectivity index is 1.85. The van der Waals surface area contributed by atoms with Crippen LogP contribution in [0, 0.1) is 13.8 Å². The smallest absolute Gasteiger partial charge is 0.244 e. The molecule has 24 heavy (non-hydrogen) atoms. The molecular weight excluding hydrogens is 326 g/mol. The molecule has 0 bridgehead atoms. The Morgan fingerprint density at radius 2 is 2.00 bits per heavy atom. The molecule has 0 radical (unpaired) electrons. The van der Waals surface area contributed by atoms with Crippen molar-refractivity contribution in [3.63, 3.8) is 0 Å². The first-order valence-corrected chi connectivity index (χ1v) is 9.76.